The summed E-state index contributed by atoms with van der Waals surface area (Å²) in [7, 11) is -2.11. The number of anilines is 1. The lowest BCUT2D eigenvalue weighted by Gasteiger charge is -2.42. The lowest BCUT2D eigenvalue weighted by molar-refractivity contribution is -0.118. The van der Waals surface area contributed by atoms with Crippen LogP contribution in [0.5, 0.6) is 5.75 Å². The summed E-state index contributed by atoms with van der Waals surface area (Å²) in [4.78, 5) is 28.7. The number of rotatable bonds is 10. The molecule has 36 heavy (non-hydrogen) atoms. The first-order valence-corrected chi connectivity index (χ1v) is 14.5. The Kier molecular flexibility index (Phi) is 8.73. The number of pyridine rings is 1. The lowest BCUT2D eigenvalue weighted by atomic mass is 9.98. The molecule has 0 saturated carbocycles. The molecule has 2 aromatic carbocycles. The number of ether oxygens (including phenoxy) is 1. The normalized spacial score (nSPS) is 12.7. The Balaban J connectivity index is 1.85. The molecule has 1 aromatic heterocycles. The molecule has 0 bridgehead atoms. The summed E-state index contributed by atoms with van der Waals surface area (Å²) >= 11 is 0. The van der Waals surface area contributed by atoms with Gasteiger partial charge < -0.3 is 20.2 Å². The zero-order valence-electron chi connectivity index (χ0n) is 21.9. The summed E-state index contributed by atoms with van der Waals surface area (Å²) in [6, 6.07) is 15.0. The molecule has 192 valence electrons. The molecule has 0 spiro atoms. The molecule has 7 nitrogen and oxygen atoms in total. The van der Waals surface area contributed by atoms with Gasteiger partial charge in [0.15, 0.2) is 0 Å². The standard InChI is InChI=1S/C28H37N3O4Si/c1-18(2)36(19(3)4,20(5)6)35-25-11-8-21(9-12-25)26(17-34-28(29)33)27(32)31-24-10-7-23-16-30-14-13-22(23)15-24/h7-16,18-20,26H,17H2,1-6H3,(H2,29,33)(H,31,32). The number of nitrogens with one attached hydrogen (secondary N) is 1. The lowest BCUT2D eigenvalue weighted by Crippen LogP contribution is -2.50. The van der Waals surface area contributed by atoms with Crippen molar-refractivity contribution in [1.29, 1.82) is 0 Å². The van der Waals surface area contributed by atoms with Gasteiger partial charge in [0.2, 0.25) is 5.91 Å². The molecule has 0 saturated heterocycles. The summed E-state index contributed by atoms with van der Waals surface area (Å²) in [6.07, 6.45) is 2.55. The SMILES string of the molecule is CC(C)[Si](Oc1ccc(C(COC(N)=O)C(=O)Nc2ccc3cnccc3c2)cc1)(C(C)C)C(C)C. The van der Waals surface area contributed by atoms with E-state index < -0.39 is 20.3 Å². The van der Waals surface area contributed by atoms with Gasteiger partial charge in [0.25, 0.3) is 8.32 Å². The number of hydrogen-bond acceptors (Lipinski definition) is 5. The molecule has 1 atom stereocenters. The first-order chi connectivity index (χ1) is 17.0. The number of primary amides is 1. The smallest absolute Gasteiger partial charge is 0.404 e. The van der Waals surface area contributed by atoms with Gasteiger partial charge in [0.05, 0.1) is 5.92 Å². The molecular formula is C28H37N3O4Si. The van der Waals surface area contributed by atoms with Gasteiger partial charge in [-0.1, -0.05) is 59.7 Å². The van der Waals surface area contributed by atoms with Crippen molar-refractivity contribution < 1.29 is 18.8 Å². The van der Waals surface area contributed by atoms with E-state index in [9.17, 15) is 9.59 Å². The summed E-state index contributed by atoms with van der Waals surface area (Å²) in [5, 5.41) is 4.87. The third kappa shape index (κ3) is 6.05. The van der Waals surface area contributed by atoms with Crippen LogP contribution >= 0.6 is 0 Å². The topological polar surface area (TPSA) is 104 Å². The van der Waals surface area contributed by atoms with Crippen molar-refractivity contribution >= 4 is 36.8 Å². The van der Waals surface area contributed by atoms with Crippen LogP contribution in [-0.2, 0) is 9.53 Å². The minimum atomic E-state index is -2.11. The van der Waals surface area contributed by atoms with E-state index in [-0.39, 0.29) is 12.5 Å². The molecule has 1 unspecified atom stereocenters. The maximum Gasteiger partial charge on any atom is 0.404 e. The van der Waals surface area contributed by atoms with E-state index in [1.165, 1.54) is 0 Å². The van der Waals surface area contributed by atoms with Crippen molar-refractivity contribution in [2.24, 2.45) is 5.73 Å². The van der Waals surface area contributed by atoms with Crippen molar-refractivity contribution in [1.82, 2.24) is 4.98 Å². The van der Waals surface area contributed by atoms with Crippen LogP contribution in [0.4, 0.5) is 10.5 Å². The Morgan fingerprint density at radius 2 is 1.56 bits per heavy atom. The number of carbonyl (C=O) groups is 2. The number of nitrogens with two attached hydrogens (primary N) is 1. The molecule has 1 heterocycles. The molecule has 0 fully saturated rings. The first kappa shape index (κ1) is 27.2. The van der Waals surface area contributed by atoms with Crippen molar-refractivity contribution in [2.45, 2.75) is 64.1 Å². The fourth-order valence-corrected chi connectivity index (χ4v) is 10.5. The van der Waals surface area contributed by atoms with E-state index in [4.69, 9.17) is 14.9 Å². The highest BCUT2D eigenvalue weighted by molar-refractivity contribution is 6.78. The van der Waals surface area contributed by atoms with Gasteiger partial charge in [-0.05, 0) is 57.9 Å². The molecule has 0 aliphatic carbocycles. The second-order valence-corrected chi connectivity index (χ2v) is 15.5. The molecule has 3 rings (SSSR count). The third-order valence-electron chi connectivity index (χ3n) is 6.90. The summed E-state index contributed by atoms with van der Waals surface area (Å²) < 4.78 is 11.8. The Morgan fingerprint density at radius 3 is 2.14 bits per heavy atom. The van der Waals surface area contributed by atoms with Gasteiger partial charge in [-0.15, -0.1) is 0 Å². The fourth-order valence-electron chi connectivity index (χ4n) is 5.21. The summed E-state index contributed by atoms with van der Waals surface area (Å²) in [5.74, 6) is -0.241. The maximum absolute atomic E-state index is 13.3. The number of carbonyl (C=O) groups excluding carboxylic acids is 2. The van der Waals surface area contributed by atoms with Crippen LogP contribution in [0.15, 0.2) is 60.9 Å². The highest BCUT2D eigenvalue weighted by atomic mass is 28.4. The molecule has 3 N–H and O–H groups in total. The summed E-state index contributed by atoms with van der Waals surface area (Å²) in [5.41, 5.74) is 7.87. The number of aromatic nitrogens is 1. The second-order valence-electron chi connectivity index (χ2n) is 10.1. The van der Waals surface area contributed by atoms with Crippen LogP contribution in [-0.4, -0.2) is 31.9 Å². The third-order valence-corrected chi connectivity index (χ3v) is 12.9. The highest BCUT2D eigenvalue weighted by Gasteiger charge is 2.47. The van der Waals surface area contributed by atoms with Crippen LogP contribution in [0.2, 0.25) is 16.6 Å². The maximum atomic E-state index is 13.3. The van der Waals surface area contributed by atoms with Crippen LogP contribution < -0.4 is 15.5 Å². The van der Waals surface area contributed by atoms with Crippen LogP contribution in [0.25, 0.3) is 10.8 Å². The minimum absolute atomic E-state index is 0.165. The Hall–Kier alpha value is -3.39. The monoisotopic (exact) mass is 507 g/mol. The van der Waals surface area contributed by atoms with E-state index in [1.807, 2.05) is 48.5 Å². The molecular weight excluding hydrogens is 470 g/mol. The average Bonchev–Trinajstić information content (AvgIpc) is 2.82. The average molecular weight is 508 g/mol. The largest absolute Gasteiger partial charge is 0.543 e. The Bertz CT molecular complexity index is 1170. The predicted molar refractivity (Wildman–Crippen MR) is 147 cm³/mol. The van der Waals surface area contributed by atoms with E-state index >= 15 is 0 Å². The molecule has 0 aliphatic rings. The van der Waals surface area contributed by atoms with Crippen molar-refractivity contribution in [3.8, 4) is 5.75 Å². The Labute approximate surface area is 214 Å². The number of fused-ring (bicyclic) bond motifs is 1. The molecule has 3 aromatic rings. The second kappa shape index (κ2) is 11.6. The van der Waals surface area contributed by atoms with Gasteiger partial charge in [0, 0.05) is 23.5 Å². The minimum Gasteiger partial charge on any atom is -0.543 e. The molecule has 0 aliphatic heterocycles. The Morgan fingerprint density at radius 1 is 0.917 bits per heavy atom. The van der Waals surface area contributed by atoms with Crippen molar-refractivity contribution in [3.05, 3.63) is 66.5 Å². The number of benzene rings is 2. The molecule has 0 radical (unpaired) electrons. The van der Waals surface area contributed by atoms with Crippen LogP contribution in [0.1, 0.15) is 53.0 Å². The summed E-state index contributed by atoms with van der Waals surface area (Å²) in [6.45, 7) is 13.3. The molecule has 8 heteroatoms. The number of amides is 2. The quantitative estimate of drug-likeness (QED) is 0.301. The van der Waals surface area contributed by atoms with Crippen LogP contribution in [0.3, 0.4) is 0 Å². The van der Waals surface area contributed by atoms with Gasteiger partial charge in [0.1, 0.15) is 12.4 Å². The van der Waals surface area contributed by atoms with E-state index in [2.05, 4.69) is 51.8 Å². The van der Waals surface area contributed by atoms with Crippen molar-refractivity contribution in [2.75, 3.05) is 11.9 Å². The predicted octanol–water partition coefficient (Wildman–Crippen LogP) is 6.61. The van der Waals surface area contributed by atoms with Gasteiger partial charge in [-0.2, -0.15) is 0 Å². The zero-order chi connectivity index (χ0) is 26.5. The van der Waals surface area contributed by atoms with E-state index in [0.29, 0.717) is 27.9 Å². The van der Waals surface area contributed by atoms with E-state index in [1.54, 1.807) is 12.4 Å². The number of nitrogens with zero attached hydrogens (tertiary/aromatic N) is 1. The molecule has 2 amide bonds. The van der Waals surface area contributed by atoms with Crippen LogP contribution in [0, 0.1) is 0 Å². The highest BCUT2D eigenvalue weighted by Crippen LogP contribution is 2.42. The van der Waals surface area contributed by atoms with Gasteiger partial charge in [-0.25, -0.2) is 4.79 Å². The fraction of sp³-hybridized carbons (Fsp3) is 0.393. The zero-order valence-corrected chi connectivity index (χ0v) is 22.9. The van der Waals surface area contributed by atoms with Gasteiger partial charge in [-0.3, -0.25) is 9.78 Å². The van der Waals surface area contributed by atoms with Crippen molar-refractivity contribution in [3.63, 3.8) is 0 Å². The number of hydrogen-bond donors (Lipinski definition) is 2. The van der Waals surface area contributed by atoms with E-state index in [0.717, 1.165) is 16.5 Å². The van der Waals surface area contributed by atoms with Gasteiger partial charge >= 0.3 is 6.09 Å². The first-order valence-electron chi connectivity index (χ1n) is 12.4.